The highest BCUT2D eigenvalue weighted by molar-refractivity contribution is 5.98. The third-order valence-electron chi connectivity index (χ3n) is 5.69. The first-order valence-corrected chi connectivity index (χ1v) is 8.78. The number of aliphatic imine (C=N–C) groups is 1. The first kappa shape index (κ1) is 19.0. The number of nitriles is 2. The number of aromatic nitrogens is 1. The van der Waals surface area contributed by atoms with Gasteiger partial charge in [-0.05, 0) is 68.0 Å². The molecule has 142 valence electrons. The minimum atomic E-state index is -0.523. The van der Waals surface area contributed by atoms with Crippen LogP contribution in [0.3, 0.4) is 0 Å². The number of hydrogen-bond acceptors (Lipinski definition) is 8. The summed E-state index contributed by atoms with van der Waals surface area (Å²) >= 11 is 0. The van der Waals surface area contributed by atoms with Gasteiger partial charge in [0.05, 0.1) is 5.69 Å². The number of pyridine rings is 1. The Morgan fingerprint density at radius 2 is 1.50 bits per heavy atom. The fourth-order valence-electron chi connectivity index (χ4n) is 3.73. The number of rotatable bonds is 1. The Hall–Kier alpha value is -3.78. The molecule has 1 aliphatic heterocycles. The van der Waals surface area contributed by atoms with Crippen molar-refractivity contribution in [3.05, 3.63) is 44.5 Å². The second kappa shape index (κ2) is 6.75. The number of benzene rings is 1. The zero-order valence-corrected chi connectivity index (χ0v) is 16.5. The molecule has 1 atom stereocenters. The molecule has 0 amide bonds. The lowest BCUT2D eigenvalue weighted by Gasteiger charge is -2.29. The number of anilines is 3. The van der Waals surface area contributed by atoms with Crippen LogP contribution in [0.1, 0.15) is 50.5 Å². The van der Waals surface area contributed by atoms with Crippen molar-refractivity contribution in [2.45, 2.75) is 40.7 Å². The van der Waals surface area contributed by atoms with Crippen LogP contribution in [0.25, 0.3) is 0 Å². The number of hydrogen-bond donors (Lipinski definition) is 4. The molecule has 1 unspecified atom stereocenters. The van der Waals surface area contributed by atoms with E-state index >= 15 is 0 Å². The van der Waals surface area contributed by atoms with Gasteiger partial charge in [0, 0.05) is 5.56 Å². The van der Waals surface area contributed by atoms with Gasteiger partial charge in [-0.2, -0.15) is 10.5 Å². The van der Waals surface area contributed by atoms with E-state index in [1.807, 2.05) is 26.1 Å². The predicted octanol–water partition coefficient (Wildman–Crippen LogP) is 2.60. The van der Waals surface area contributed by atoms with Crippen LogP contribution in [0.2, 0.25) is 0 Å². The molecule has 8 nitrogen and oxygen atoms in total. The van der Waals surface area contributed by atoms with Crippen molar-refractivity contribution in [3.8, 4) is 12.3 Å². The van der Waals surface area contributed by atoms with E-state index in [0.29, 0.717) is 11.4 Å². The number of nitrogens with one attached hydrogen (secondary N) is 2. The van der Waals surface area contributed by atoms with Crippen molar-refractivity contribution in [3.63, 3.8) is 0 Å². The first-order valence-electron chi connectivity index (χ1n) is 8.78. The van der Waals surface area contributed by atoms with Gasteiger partial charge in [0.2, 0.25) is 5.96 Å². The van der Waals surface area contributed by atoms with Crippen molar-refractivity contribution in [1.82, 2.24) is 10.3 Å². The molecule has 8 heteroatoms. The van der Waals surface area contributed by atoms with Gasteiger partial charge in [-0.15, -0.1) is 0 Å². The van der Waals surface area contributed by atoms with E-state index in [1.54, 1.807) is 0 Å². The van der Waals surface area contributed by atoms with Gasteiger partial charge in [-0.25, -0.2) is 9.98 Å². The molecule has 1 aromatic carbocycles. The molecule has 0 bridgehead atoms. The zero-order chi connectivity index (χ0) is 20.7. The average Bonchev–Trinajstić information content (AvgIpc) is 2.65. The maximum absolute atomic E-state index is 9.47. The Labute approximate surface area is 163 Å². The Bertz CT molecular complexity index is 1090. The summed E-state index contributed by atoms with van der Waals surface area (Å²) in [7, 11) is 0. The van der Waals surface area contributed by atoms with Gasteiger partial charge in [0.1, 0.15) is 29.3 Å². The first-order chi connectivity index (χ1) is 13.2. The van der Waals surface area contributed by atoms with Gasteiger partial charge in [0.25, 0.3) is 0 Å². The second-order valence-corrected chi connectivity index (χ2v) is 6.94. The quantitative estimate of drug-likeness (QED) is 0.442. The van der Waals surface area contributed by atoms with Gasteiger partial charge in [-0.3, -0.25) is 5.32 Å². The number of guanidine groups is 1. The lowest BCUT2D eigenvalue weighted by molar-refractivity contribution is 0.823. The fraction of sp³-hybridized carbons (Fsp3) is 0.300. The minimum Gasteiger partial charge on any atom is -0.397 e. The van der Waals surface area contributed by atoms with Crippen LogP contribution < -0.4 is 22.1 Å². The SMILES string of the molecule is Cc1c(C)c(C)c(C2N=C(NC#N)Nc3nc(N)c(C#N)c(N)c32)c(C)c1C. The average molecular weight is 374 g/mol. The lowest BCUT2D eigenvalue weighted by Crippen LogP contribution is -2.33. The highest BCUT2D eigenvalue weighted by atomic mass is 15.2. The molecule has 0 radical (unpaired) electrons. The van der Waals surface area contributed by atoms with Crippen LogP contribution >= 0.6 is 0 Å². The van der Waals surface area contributed by atoms with Gasteiger partial charge >= 0.3 is 0 Å². The smallest absolute Gasteiger partial charge is 0.211 e. The molecule has 0 saturated heterocycles. The van der Waals surface area contributed by atoms with E-state index < -0.39 is 6.04 Å². The highest BCUT2D eigenvalue weighted by Gasteiger charge is 2.32. The summed E-state index contributed by atoms with van der Waals surface area (Å²) in [6, 6.07) is 1.50. The van der Waals surface area contributed by atoms with Gasteiger partial charge in [0.15, 0.2) is 6.19 Å². The van der Waals surface area contributed by atoms with E-state index in [2.05, 4.69) is 41.4 Å². The fourth-order valence-corrected chi connectivity index (χ4v) is 3.73. The zero-order valence-electron chi connectivity index (χ0n) is 16.5. The maximum Gasteiger partial charge on any atom is 0.211 e. The molecule has 0 spiro atoms. The van der Waals surface area contributed by atoms with Crippen LogP contribution in [0.5, 0.6) is 0 Å². The maximum atomic E-state index is 9.47. The molecular weight excluding hydrogens is 352 g/mol. The summed E-state index contributed by atoms with van der Waals surface area (Å²) < 4.78 is 0. The number of nitrogens with zero attached hydrogens (tertiary/aromatic N) is 4. The number of fused-ring (bicyclic) bond motifs is 1. The molecular formula is C20H22N8. The minimum absolute atomic E-state index is 0.0351. The summed E-state index contributed by atoms with van der Waals surface area (Å²) in [5.74, 6) is 0.681. The molecule has 1 aliphatic rings. The molecule has 2 heterocycles. The molecule has 0 aliphatic carbocycles. The van der Waals surface area contributed by atoms with E-state index in [-0.39, 0.29) is 23.0 Å². The van der Waals surface area contributed by atoms with E-state index in [1.165, 1.54) is 16.7 Å². The third kappa shape index (κ3) is 2.67. The Morgan fingerprint density at radius 3 is 2.04 bits per heavy atom. The molecule has 1 aromatic heterocycles. The predicted molar refractivity (Wildman–Crippen MR) is 110 cm³/mol. The highest BCUT2D eigenvalue weighted by Crippen LogP contribution is 2.43. The number of nitrogens with two attached hydrogens (primary N) is 2. The Balaban J connectivity index is 2.40. The summed E-state index contributed by atoms with van der Waals surface area (Å²) in [6.45, 7) is 10.3. The van der Waals surface area contributed by atoms with Gasteiger partial charge < -0.3 is 16.8 Å². The molecule has 0 saturated carbocycles. The van der Waals surface area contributed by atoms with Gasteiger partial charge in [-0.1, -0.05) is 0 Å². The van der Waals surface area contributed by atoms with Crippen molar-refractivity contribution in [1.29, 1.82) is 10.5 Å². The summed E-state index contributed by atoms with van der Waals surface area (Å²) in [4.78, 5) is 8.99. The van der Waals surface area contributed by atoms with Crippen molar-refractivity contribution in [2.24, 2.45) is 4.99 Å². The standard InChI is InChI=1S/C20H22N8/c1-8-9(2)11(4)14(12(5)10(8)3)17-15-16(23)13(6-21)18(24)27-19(15)28-20(26-17)25-7-22/h17H,1-5H3,(H6,23,24,25,26,27,28). The third-order valence-corrected chi connectivity index (χ3v) is 5.69. The number of nitrogen functional groups attached to an aromatic ring is 2. The van der Waals surface area contributed by atoms with Crippen molar-refractivity contribution < 1.29 is 0 Å². The van der Waals surface area contributed by atoms with Crippen LogP contribution in [-0.2, 0) is 0 Å². The summed E-state index contributed by atoms with van der Waals surface area (Å²) in [6.07, 6.45) is 1.87. The summed E-state index contributed by atoms with van der Waals surface area (Å²) in [5, 5.41) is 24.0. The molecule has 6 N–H and O–H groups in total. The monoisotopic (exact) mass is 374 g/mol. The topological polar surface area (TPSA) is 149 Å². The molecule has 3 rings (SSSR count). The van der Waals surface area contributed by atoms with Crippen LogP contribution in [0, 0.1) is 57.4 Å². The Kier molecular flexibility index (Phi) is 4.58. The van der Waals surface area contributed by atoms with Crippen LogP contribution in [0.15, 0.2) is 4.99 Å². The van der Waals surface area contributed by atoms with E-state index in [0.717, 1.165) is 16.7 Å². The van der Waals surface area contributed by atoms with Crippen molar-refractivity contribution >= 4 is 23.3 Å². The summed E-state index contributed by atoms with van der Waals surface area (Å²) in [5.41, 5.74) is 20.0. The van der Waals surface area contributed by atoms with Crippen LogP contribution in [0.4, 0.5) is 17.3 Å². The molecule has 2 aromatic rings. The van der Waals surface area contributed by atoms with Crippen LogP contribution in [-0.4, -0.2) is 10.9 Å². The largest absolute Gasteiger partial charge is 0.397 e. The van der Waals surface area contributed by atoms with E-state index in [4.69, 9.17) is 16.7 Å². The van der Waals surface area contributed by atoms with E-state index in [9.17, 15) is 5.26 Å². The second-order valence-electron chi connectivity index (χ2n) is 6.94. The lowest BCUT2D eigenvalue weighted by atomic mass is 9.83. The normalized spacial score (nSPS) is 15.0. The molecule has 0 fully saturated rings. The van der Waals surface area contributed by atoms with Crippen molar-refractivity contribution in [2.75, 3.05) is 16.8 Å². The Morgan fingerprint density at radius 1 is 0.929 bits per heavy atom. The molecule has 28 heavy (non-hydrogen) atoms.